The van der Waals surface area contributed by atoms with E-state index in [0.29, 0.717) is 0 Å². The monoisotopic (exact) mass is 388 g/mol. The summed E-state index contributed by atoms with van der Waals surface area (Å²) in [6, 6.07) is 25.3. The van der Waals surface area contributed by atoms with Crippen molar-refractivity contribution in [2.24, 2.45) is 5.41 Å². The van der Waals surface area contributed by atoms with E-state index in [1.165, 1.54) is 21.5 Å². The molecule has 0 aliphatic heterocycles. The highest BCUT2D eigenvalue weighted by Gasteiger charge is 2.34. The molecule has 1 atom stereocenters. The van der Waals surface area contributed by atoms with E-state index >= 15 is 0 Å². The Hall–Kier alpha value is -2.36. The molecule has 3 rings (SSSR count). The van der Waals surface area contributed by atoms with E-state index in [0.717, 1.165) is 11.3 Å². The largest absolute Gasteiger partial charge is 0.400 e. The SMILES string of the molecule is Cc1ccc(N)c(C)c1C(O[Si](c1ccccc1)c1ccccc1)C(C)(C)C. The Kier molecular flexibility index (Phi) is 6.06. The number of rotatable bonds is 5. The minimum atomic E-state index is -1.41. The molecule has 2 nitrogen and oxygen atoms in total. The molecule has 145 valence electrons. The Labute approximate surface area is 171 Å². The zero-order chi connectivity index (χ0) is 20.3. The molecule has 3 aromatic carbocycles. The van der Waals surface area contributed by atoms with Crippen LogP contribution in [0.4, 0.5) is 5.69 Å². The van der Waals surface area contributed by atoms with Crippen LogP contribution in [-0.2, 0) is 4.43 Å². The number of nitrogens with two attached hydrogens (primary N) is 1. The number of nitrogen functional groups attached to an aromatic ring is 1. The maximum absolute atomic E-state index is 7.04. The highest BCUT2D eigenvalue weighted by molar-refractivity contribution is 6.80. The summed E-state index contributed by atoms with van der Waals surface area (Å²) in [5.41, 5.74) is 10.6. The molecule has 1 radical (unpaired) electrons. The van der Waals surface area contributed by atoms with Gasteiger partial charge in [-0.25, -0.2) is 0 Å². The topological polar surface area (TPSA) is 35.2 Å². The normalized spacial score (nSPS) is 12.9. The fourth-order valence-electron chi connectivity index (χ4n) is 3.55. The van der Waals surface area contributed by atoms with E-state index in [4.69, 9.17) is 10.2 Å². The van der Waals surface area contributed by atoms with Crippen LogP contribution < -0.4 is 16.1 Å². The third-order valence-electron chi connectivity index (χ3n) is 5.13. The van der Waals surface area contributed by atoms with Gasteiger partial charge in [-0.2, -0.15) is 0 Å². The summed E-state index contributed by atoms with van der Waals surface area (Å²) in [6.07, 6.45) is -0.0506. The lowest BCUT2D eigenvalue weighted by Crippen LogP contribution is -2.47. The predicted octanol–water partition coefficient (Wildman–Crippen LogP) is 4.80. The fraction of sp³-hybridized carbons (Fsp3) is 0.280. The molecule has 0 fully saturated rings. The average Bonchev–Trinajstić information content (AvgIpc) is 2.68. The van der Waals surface area contributed by atoms with Crippen molar-refractivity contribution in [3.63, 3.8) is 0 Å². The van der Waals surface area contributed by atoms with Gasteiger partial charge in [0, 0.05) is 5.69 Å². The van der Waals surface area contributed by atoms with Crippen LogP contribution in [0.3, 0.4) is 0 Å². The first-order valence-corrected chi connectivity index (χ1v) is 11.2. The van der Waals surface area contributed by atoms with E-state index in [1.54, 1.807) is 0 Å². The second-order valence-corrected chi connectivity index (χ2v) is 10.5. The lowest BCUT2D eigenvalue weighted by molar-refractivity contribution is 0.0886. The van der Waals surface area contributed by atoms with Crippen LogP contribution in [0.5, 0.6) is 0 Å². The molecule has 0 spiro atoms. The number of hydrogen-bond donors (Lipinski definition) is 1. The zero-order valence-corrected chi connectivity index (χ0v) is 18.5. The van der Waals surface area contributed by atoms with Crippen LogP contribution >= 0.6 is 0 Å². The first kappa shape index (κ1) is 20.4. The first-order valence-electron chi connectivity index (χ1n) is 9.79. The predicted molar refractivity (Wildman–Crippen MR) is 122 cm³/mol. The van der Waals surface area contributed by atoms with Crippen molar-refractivity contribution in [3.8, 4) is 0 Å². The maximum atomic E-state index is 7.04. The van der Waals surface area contributed by atoms with Gasteiger partial charge in [0.15, 0.2) is 0 Å². The van der Waals surface area contributed by atoms with Gasteiger partial charge in [-0.1, -0.05) is 87.5 Å². The van der Waals surface area contributed by atoms with Gasteiger partial charge in [0.05, 0.1) is 6.10 Å². The maximum Gasteiger partial charge on any atom is 0.283 e. The third-order valence-corrected chi connectivity index (χ3v) is 7.32. The Morgan fingerprint density at radius 3 is 1.75 bits per heavy atom. The quantitative estimate of drug-likeness (QED) is 0.503. The van der Waals surface area contributed by atoms with E-state index in [9.17, 15) is 0 Å². The molecule has 0 aromatic heterocycles. The van der Waals surface area contributed by atoms with Gasteiger partial charge in [-0.3, -0.25) is 0 Å². The van der Waals surface area contributed by atoms with Gasteiger partial charge in [-0.15, -0.1) is 0 Å². The Bertz CT molecular complexity index is 877. The van der Waals surface area contributed by atoms with Crippen LogP contribution in [-0.4, -0.2) is 9.04 Å². The Morgan fingerprint density at radius 2 is 1.29 bits per heavy atom. The number of benzene rings is 3. The van der Waals surface area contributed by atoms with Crippen molar-refractivity contribution in [2.75, 3.05) is 5.73 Å². The van der Waals surface area contributed by atoms with Crippen LogP contribution in [0.15, 0.2) is 72.8 Å². The molecule has 1 unspecified atom stereocenters. The van der Waals surface area contributed by atoms with Crippen LogP contribution in [0.1, 0.15) is 43.6 Å². The van der Waals surface area contributed by atoms with Gasteiger partial charge >= 0.3 is 0 Å². The third kappa shape index (κ3) is 4.37. The Balaban J connectivity index is 2.12. The van der Waals surface area contributed by atoms with Gasteiger partial charge in [0.1, 0.15) is 0 Å². The van der Waals surface area contributed by atoms with Crippen molar-refractivity contribution < 1.29 is 4.43 Å². The van der Waals surface area contributed by atoms with E-state index < -0.39 is 9.04 Å². The minimum absolute atomic E-state index is 0.0506. The molecule has 0 aliphatic rings. The number of aryl methyl sites for hydroxylation is 1. The van der Waals surface area contributed by atoms with Crippen LogP contribution in [0, 0.1) is 19.3 Å². The molecular formula is C25H30NOSi. The molecular weight excluding hydrogens is 358 g/mol. The molecule has 0 saturated carbocycles. The first-order chi connectivity index (χ1) is 13.3. The summed E-state index contributed by atoms with van der Waals surface area (Å²) in [7, 11) is -1.41. The van der Waals surface area contributed by atoms with Crippen molar-refractivity contribution in [1.82, 2.24) is 0 Å². The zero-order valence-electron chi connectivity index (χ0n) is 17.5. The smallest absolute Gasteiger partial charge is 0.283 e. The molecule has 0 aliphatic carbocycles. The van der Waals surface area contributed by atoms with Crippen molar-refractivity contribution >= 4 is 25.1 Å². The summed E-state index contributed by atoms with van der Waals surface area (Å²) < 4.78 is 7.04. The van der Waals surface area contributed by atoms with E-state index in [2.05, 4.69) is 101 Å². The molecule has 0 amide bonds. The molecule has 3 aromatic rings. The highest BCUT2D eigenvalue weighted by Crippen LogP contribution is 2.40. The van der Waals surface area contributed by atoms with Crippen molar-refractivity contribution in [2.45, 2.75) is 40.7 Å². The fourth-order valence-corrected chi connectivity index (χ4v) is 5.86. The summed E-state index contributed by atoms with van der Waals surface area (Å²) in [4.78, 5) is 0. The molecule has 0 bridgehead atoms. The Morgan fingerprint density at radius 1 is 0.786 bits per heavy atom. The van der Waals surface area contributed by atoms with Crippen molar-refractivity contribution in [1.29, 1.82) is 0 Å². The van der Waals surface area contributed by atoms with Gasteiger partial charge in [-0.05, 0) is 52.4 Å². The standard InChI is InChI=1S/C25H30NOSi/c1-18-16-17-22(26)19(2)23(18)24(25(3,4)5)27-28(20-12-8-6-9-13-20)21-14-10-7-11-15-21/h6-17,24H,26H2,1-5H3. The van der Waals surface area contributed by atoms with Crippen LogP contribution in [0.2, 0.25) is 0 Å². The lowest BCUT2D eigenvalue weighted by atomic mass is 9.81. The van der Waals surface area contributed by atoms with E-state index in [-0.39, 0.29) is 11.5 Å². The second kappa shape index (κ2) is 8.34. The number of hydrogen-bond acceptors (Lipinski definition) is 2. The molecule has 2 N–H and O–H groups in total. The summed E-state index contributed by atoms with van der Waals surface area (Å²) in [6.45, 7) is 11.0. The highest BCUT2D eigenvalue weighted by atomic mass is 28.3. The lowest BCUT2D eigenvalue weighted by Gasteiger charge is -2.36. The van der Waals surface area contributed by atoms with Gasteiger partial charge < -0.3 is 10.2 Å². The molecule has 28 heavy (non-hydrogen) atoms. The second-order valence-electron chi connectivity index (χ2n) is 8.44. The van der Waals surface area contributed by atoms with Gasteiger partial charge in [0.2, 0.25) is 0 Å². The molecule has 3 heteroatoms. The van der Waals surface area contributed by atoms with E-state index in [1.807, 2.05) is 6.07 Å². The van der Waals surface area contributed by atoms with Gasteiger partial charge in [0.25, 0.3) is 9.04 Å². The number of anilines is 1. The summed E-state index contributed by atoms with van der Waals surface area (Å²) in [5, 5.41) is 2.51. The average molecular weight is 389 g/mol. The minimum Gasteiger partial charge on any atom is -0.400 e. The molecule has 0 heterocycles. The summed E-state index contributed by atoms with van der Waals surface area (Å²) in [5.74, 6) is 0. The summed E-state index contributed by atoms with van der Waals surface area (Å²) >= 11 is 0. The van der Waals surface area contributed by atoms with Crippen LogP contribution in [0.25, 0.3) is 0 Å². The molecule has 0 saturated heterocycles. The van der Waals surface area contributed by atoms with Crippen molar-refractivity contribution in [3.05, 3.63) is 89.5 Å².